The van der Waals surface area contributed by atoms with Crippen molar-refractivity contribution in [3.8, 4) is 0 Å². The lowest BCUT2D eigenvalue weighted by molar-refractivity contribution is 0.252. The van der Waals surface area contributed by atoms with Crippen LogP contribution in [0.3, 0.4) is 0 Å². The highest BCUT2D eigenvalue weighted by Crippen LogP contribution is 2.27. The summed E-state index contributed by atoms with van der Waals surface area (Å²) in [6.45, 7) is 5.03. The predicted molar refractivity (Wildman–Crippen MR) is 74.5 cm³/mol. The van der Waals surface area contributed by atoms with Gasteiger partial charge in [-0.05, 0) is 6.07 Å². The quantitative estimate of drug-likeness (QED) is 0.675. The van der Waals surface area contributed by atoms with Crippen molar-refractivity contribution in [2.75, 3.05) is 54.8 Å². The van der Waals surface area contributed by atoms with Gasteiger partial charge in [-0.15, -0.1) is 0 Å². The Bertz CT molecular complexity index is 485. The topological polar surface area (TPSA) is 86.5 Å². The molecule has 4 N–H and O–H groups in total. The van der Waals surface area contributed by atoms with E-state index in [9.17, 15) is 4.79 Å². The van der Waals surface area contributed by atoms with Gasteiger partial charge in [-0.3, -0.25) is 4.90 Å². The minimum absolute atomic E-state index is 0.0715. The molecule has 1 aromatic rings. The number of rotatable bonds is 2. The van der Waals surface area contributed by atoms with Crippen LogP contribution in [0, 0.1) is 0 Å². The van der Waals surface area contributed by atoms with Gasteiger partial charge in [0.05, 0.1) is 17.6 Å². The molecule has 2 fully saturated rings. The number of pyridine rings is 1. The standard InChI is InChI=1S/C12H18N6O/c13-11-10(17-4-1-14-2-5-17)7-9(8-16-11)18-6-3-15-12(18)19/h7-8,14H,1-6H2,(H2,13,16)(H,15,19). The zero-order valence-corrected chi connectivity index (χ0v) is 10.7. The Labute approximate surface area is 111 Å². The van der Waals surface area contributed by atoms with E-state index in [0.29, 0.717) is 18.9 Å². The second-order valence-electron chi connectivity index (χ2n) is 4.72. The molecule has 3 rings (SSSR count). The monoisotopic (exact) mass is 262 g/mol. The Morgan fingerprint density at radius 3 is 2.68 bits per heavy atom. The molecule has 102 valence electrons. The van der Waals surface area contributed by atoms with Gasteiger partial charge in [-0.25, -0.2) is 9.78 Å². The largest absolute Gasteiger partial charge is 0.382 e. The van der Waals surface area contributed by atoms with Gasteiger partial charge in [-0.1, -0.05) is 0 Å². The summed E-state index contributed by atoms with van der Waals surface area (Å²) in [6, 6.07) is 1.89. The fourth-order valence-corrected chi connectivity index (χ4v) is 2.48. The van der Waals surface area contributed by atoms with E-state index in [2.05, 4.69) is 20.5 Å². The Morgan fingerprint density at radius 1 is 1.21 bits per heavy atom. The molecular formula is C12H18N6O. The normalized spacial score (nSPS) is 19.7. The molecule has 0 saturated carbocycles. The number of amides is 2. The fourth-order valence-electron chi connectivity index (χ4n) is 2.48. The summed E-state index contributed by atoms with van der Waals surface area (Å²) < 4.78 is 0. The minimum Gasteiger partial charge on any atom is -0.382 e. The molecule has 0 bridgehead atoms. The number of nitrogens with two attached hydrogens (primary N) is 1. The molecule has 0 unspecified atom stereocenters. The molecule has 2 aliphatic heterocycles. The molecule has 2 saturated heterocycles. The number of hydrogen-bond acceptors (Lipinski definition) is 5. The number of hydrogen-bond donors (Lipinski definition) is 3. The van der Waals surface area contributed by atoms with E-state index in [0.717, 1.165) is 37.6 Å². The van der Waals surface area contributed by atoms with Crippen LogP contribution >= 0.6 is 0 Å². The lowest BCUT2D eigenvalue weighted by Crippen LogP contribution is -2.44. The van der Waals surface area contributed by atoms with Gasteiger partial charge in [0.1, 0.15) is 5.82 Å². The Kier molecular flexibility index (Phi) is 3.12. The van der Waals surface area contributed by atoms with Gasteiger partial charge in [0, 0.05) is 39.3 Å². The first-order chi connectivity index (χ1) is 9.25. The number of urea groups is 1. The van der Waals surface area contributed by atoms with Crippen LogP contribution < -0.4 is 26.2 Å². The fraction of sp³-hybridized carbons (Fsp3) is 0.500. The number of aromatic nitrogens is 1. The van der Waals surface area contributed by atoms with Crippen molar-refractivity contribution < 1.29 is 4.79 Å². The molecule has 7 heteroatoms. The molecule has 2 amide bonds. The summed E-state index contributed by atoms with van der Waals surface area (Å²) in [5.74, 6) is 0.519. The van der Waals surface area contributed by atoms with Gasteiger partial charge in [0.25, 0.3) is 0 Å². The van der Waals surface area contributed by atoms with E-state index < -0.39 is 0 Å². The molecule has 0 aliphatic carbocycles. The van der Waals surface area contributed by atoms with Crippen molar-refractivity contribution >= 4 is 23.2 Å². The number of nitrogens with one attached hydrogen (secondary N) is 2. The highest BCUT2D eigenvalue weighted by Gasteiger charge is 2.23. The number of nitrogen functional groups attached to an aromatic ring is 1. The molecule has 7 nitrogen and oxygen atoms in total. The number of piperazine rings is 1. The molecule has 2 aliphatic rings. The summed E-state index contributed by atoms with van der Waals surface area (Å²) in [7, 11) is 0. The van der Waals surface area contributed by atoms with E-state index in [1.54, 1.807) is 11.1 Å². The summed E-state index contributed by atoms with van der Waals surface area (Å²) in [6.07, 6.45) is 1.66. The smallest absolute Gasteiger partial charge is 0.322 e. The highest BCUT2D eigenvalue weighted by atomic mass is 16.2. The van der Waals surface area contributed by atoms with Crippen molar-refractivity contribution in [2.24, 2.45) is 0 Å². The zero-order chi connectivity index (χ0) is 13.2. The van der Waals surface area contributed by atoms with Crippen LogP contribution in [0.15, 0.2) is 12.3 Å². The first-order valence-corrected chi connectivity index (χ1v) is 6.52. The second-order valence-corrected chi connectivity index (χ2v) is 4.72. The van der Waals surface area contributed by atoms with Crippen LogP contribution in [0.5, 0.6) is 0 Å². The molecule has 0 atom stereocenters. The molecule has 0 radical (unpaired) electrons. The van der Waals surface area contributed by atoms with Crippen LogP contribution in [0.1, 0.15) is 0 Å². The average molecular weight is 262 g/mol. The summed E-state index contributed by atoms with van der Waals surface area (Å²) in [5.41, 5.74) is 7.68. The van der Waals surface area contributed by atoms with Crippen LogP contribution in [-0.4, -0.2) is 50.3 Å². The van der Waals surface area contributed by atoms with E-state index in [1.807, 2.05) is 6.07 Å². The first kappa shape index (κ1) is 12.0. The van der Waals surface area contributed by atoms with Gasteiger partial charge >= 0.3 is 6.03 Å². The lowest BCUT2D eigenvalue weighted by Gasteiger charge is -2.30. The maximum atomic E-state index is 11.7. The minimum atomic E-state index is -0.0715. The highest BCUT2D eigenvalue weighted by molar-refractivity contribution is 5.94. The summed E-state index contributed by atoms with van der Waals surface area (Å²) in [4.78, 5) is 19.8. The summed E-state index contributed by atoms with van der Waals surface area (Å²) in [5, 5.41) is 6.09. The SMILES string of the molecule is Nc1ncc(N2CCNC2=O)cc1N1CCNCC1. The zero-order valence-electron chi connectivity index (χ0n) is 10.7. The molecule has 0 spiro atoms. The van der Waals surface area contributed by atoms with Gasteiger partial charge < -0.3 is 21.3 Å². The Balaban J connectivity index is 1.89. The predicted octanol–water partition coefficient (Wildman–Crippen LogP) is -0.397. The van der Waals surface area contributed by atoms with Crippen molar-refractivity contribution in [2.45, 2.75) is 0 Å². The molecule has 3 heterocycles. The number of carbonyl (C=O) groups is 1. The van der Waals surface area contributed by atoms with Crippen LogP contribution in [0.4, 0.5) is 22.0 Å². The number of nitrogens with zero attached hydrogens (tertiary/aromatic N) is 3. The molecule has 1 aromatic heterocycles. The lowest BCUT2D eigenvalue weighted by atomic mass is 10.2. The molecule has 19 heavy (non-hydrogen) atoms. The van der Waals surface area contributed by atoms with Crippen molar-refractivity contribution in [1.82, 2.24) is 15.6 Å². The van der Waals surface area contributed by atoms with E-state index in [-0.39, 0.29) is 6.03 Å². The van der Waals surface area contributed by atoms with E-state index in [1.165, 1.54) is 0 Å². The molecule has 0 aromatic carbocycles. The number of carbonyl (C=O) groups excluding carboxylic acids is 1. The third-order valence-electron chi connectivity index (χ3n) is 3.51. The maximum absolute atomic E-state index is 11.7. The van der Waals surface area contributed by atoms with Crippen molar-refractivity contribution in [3.05, 3.63) is 12.3 Å². The van der Waals surface area contributed by atoms with Crippen molar-refractivity contribution in [3.63, 3.8) is 0 Å². The van der Waals surface area contributed by atoms with Crippen LogP contribution in [-0.2, 0) is 0 Å². The van der Waals surface area contributed by atoms with Crippen LogP contribution in [0.2, 0.25) is 0 Å². The third kappa shape index (κ3) is 2.28. The summed E-state index contributed by atoms with van der Waals surface area (Å²) >= 11 is 0. The number of anilines is 3. The van der Waals surface area contributed by atoms with Gasteiger partial charge in [0.2, 0.25) is 0 Å². The Morgan fingerprint density at radius 2 is 2.00 bits per heavy atom. The maximum Gasteiger partial charge on any atom is 0.322 e. The molecular weight excluding hydrogens is 244 g/mol. The third-order valence-corrected chi connectivity index (χ3v) is 3.51. The van der Waals surface area contributed by atoms with Crippen molar-refractivity contribution in [1.29, 1.82) is 0 Å². The van der Waals surface area contributed by atoms with Gasteiger partial charge in [-0.2, -0.15) is 0 Å². The van der Waals surface area contributed by atoms with Gasteiger partial charge in [0.15, 0.2) is 0 Å². The second kappa shape index (κ2) is 4.93. The first-order valence-electron chi connectivity index (χ1n) is 6.52. The average Bonchev–Trinajstić information content (AvgIpc) is 2.87. The van der Waals surface area contributed by atoms with E-state index in [4.69, 9.17) is 5.73 Å². The Hall–Kier alpha value is -2.02. The van der Waals surface area contributed by atoms with E-state index >= 15 is 0 Å². The van der Waals surface area contributed by atoms with Crippen LogP contribution in [0.25, 0.3) is 0 Å².